The lowest BCUT2D eigenvalue weighted by atomic mass is 10.1. The van der Waals surface area contributed by atoms with E-state index in [1.54, 1.807) is 74.5 Å². The Labute approximate surface area is 261 Å². The minimum Gasteiger partial charge on any atom is -0.444 e. The van der Waals surface area contributed by atoms with Gasteiger partial charge in [0.1, 0.15) is 18.0 Å². The molecule has 13 nitrogen and oxygen atoms in total. The number of carbonyl (C=O) groups excluding carboxylic acids is 2. The summed E-state index contributed by atoms with van der Waals surface area (Å²) in [5, 5.41) is 9.79. The molecular weight excluding hydrogens is 607 g/mol. The number of anilines is 3. The van der Waals surface area contributed by atoms with Gasteiger partial charge in [0.25, 0.3) is 0 Å². The van der Waals surface area contributed by atoms with Crippen molar-refractivity contribution in [2.75, 3.05) is 41.7 Å². The fourth-order valence-corrected chi connectivity index (χ4v) is 5.37. The predicted octanol–water partition coefficient (Wildman–Crippen LogP) is 4.92. The van der Waals surface area contributed by atoms with Crippen LogP contribution in [0.4, 0.5) is 40.0 Å². The van der Waals surface area contributed by atoms with Crippen molar-refractivity contribution < 1.29 is 32.2 Å². The number of nitrogens with one attached hydrogen (secondary N) is 2. The standard InChI is InChI=1S/C30H32F3N9O4/c1-29(2,3)46-28(44)41-15-21-13-40(14-22(16-41)45-21)25-23-12-35-42(17-30(31,32)33)26(23)39-24(38-25)18-4-6-19(7-5-18)36-27(43)37-20-8-10-34-11-9-20/h4-12,21-22H,13-17H2,1-3H3,(H2,34,36,37,43). The first-order valence-electron chi connectivity index (χ1n) is 14.6. The van der Waals surface area contributed by atoms with Crippen molar-refractivity contribution in [3.63, 3.8) is 0 Å². The van der Waals surface area contributed by atoms with E-state index in [-0.39, 0.29) is 23.7 Å². The number of morpholine rings is 2. The quantitative estimate of drug-likeness (QED) is 0.312. The molecule has 0 radical (unpaired) electrons. The molecule has 1 aromatic carbocycles. The number of alkyl halides is 3. The van der Waals surface area contributed by atoms with Crippen LogP contribution in [0.25, 0.3) is 22.4 Å². The molecule has 0 spiro atoms. The van der Waals surface area contributed by atoms with Crippen LogP contribution in [0.2, 0.25) is 0 Å². The SMILES string of the molecule is CC(C)(C)OC(=O)N1CC2CN(c3nc(-c4ccc(NC(=O)Nc5ccncc5)cc4)nc4c3cnn4CC(F)(F)F)CC(C1)O2. The third-order valence-electron chi connectivity index (χ3n) is 7.18. The van der Waals surface area contributed by atoms with Gasteiger partial charge in [-0.3, -0.25) is 4.98 Å². The van der Waals surface area contributed by atoms with Crippen molar-refractivity contribution in [1.29, 1.82) is 0 Å². The number of ether oxygens (including phenoxy) is 2. The van der Waals surface area contributed by atoms with Gasteiger partial charge in [0.2, 0.25) is 0 Å². The summed E-state index contributed by atoms with van der Waals surface area (Å²) < 4.78 is 52.8. The zero-order valence-corrected chi connectivity index (χ0v) is 25.3. The summed E-state index contributed by atoms with van der Waals surface area (Å²) in [6.07, 6.45) is -1.24. The molecule has 2 bridgehead atoms. The Balaban J connectivity index is 1.26. The molecule has 242 valence electrons. The summed E-state index contributed by atoms with van der Waals surface area (Å²) in [6, 6.07) is 9.47. The highest BCUT2D eigenvalue weighted by Gasteiger charge is 2.39. The largest absolute Gasteiger partial charge is 0.444 e. The Bertz CT molecular complexity index is 1710. The van der Waals surface area contributed by atoms with Crippen LogP contribution in [-0.2, 0) is 16.0 Å². The van der Waals surface area contributed by atoms with Crippen molar-refractivity contribution in [3.05, 3.63) is 55.0 Å². The number of carbonyl (C=O) groups is 2. The number of urea groups is 1. The lowest BCUT2D eigenvalue weighted by molar-refractivity contribution is -0.141. The summed E-state index contributed by atoms with van der Waals surface area (Å²) in [4.78, 5) is 41.9. The highest BCUT2D eigenvalue weighted by molar-refractivity contribution is 5.99. The van der Waals surface area contributed by atoms with Gasteiger partial charge in [0, 0.05) is 42.4 Å². The molecule has 0 saturated carbocycles. The first-order chi connectivity index (χ1) is 21.8. The van der Waals surface area contributed by atoms with Gasteiger partial charge in [-0.15, -0.1) is 0 Å². The highest BCUT2D eigenvalue weighted by Crippen LogP contribution is 2.32. The van der Waals surface area contributed by atoms with Crippen molar-refractivity contribution >= 4 is 40.4 Å². The van der Waals surface area contributed by atoms with E-state index in [0.717, 1.165) is 4.68 Å². The normalized spacial score (nSPS) is 18.4. The predicted molar refractivity (Wildman–Crippen MR) is 162 cm³/mol. The average Bonchev–Trinajstić information content (AvgIpc) is 3.37. The van der Waals surface area contributed by atoms with E-state index in [0.29, 0.717) is 54.3 Å². The van der Waals surface area contributed by atoms with Crippen LogP contribution < -0.4 is 15.5 Å². The Morgan fingerprint density at radius 2 is 1.57 bits per heavy atom. The average molecular weight is 640 g/mol. The number of fused-ring (bicyclic) bond motifs is 3. The van der Waals surface area contributed by atoms with Crippen LogP contribution in [-0.4, -0.2) is 91.9 Å². The Morgan fingerprint density at radius 3 is 2.17 bits per heavy atom. The second kappa shape index (κ2) is 12.1. The van der Waals surface area contributed by atoms with E-state index < -0.39 is 30.4 Å². The van der Waals surface area contributed by atoms with Gasteiger partial charge in [0.05, 0.1) is 36.9 Å². The maximum Gasteiger partial charge on any atom is 0.410 e. The van der Waals surface area contributed by atoms with Crippen LogP contribution in [0.5, 0.6) is 0 Å². The van der Waals surface area contributed by atoms with E-state index in [9.17, 15) is 22.8 Å². The van der Waals surface area contributed by atoms with E-state index in [2.05, 4.69) is 25.7 Å². The van der Waals surface area contributed by atoms with Gasteiger partial charge < -0.3 is 29.9 Å². The minimum absolute atomic E-state index is 0.0308. The molecule has 3 aromatic heterocycles. The summed E-state index contributed by atoms with van der Waals surface area (Å²) in [5.74, 6) is 0.600. The fourth-order valence-electron chi connectivity index (χ4n) is 5.37. The highest BCUT2D eigenvalue weighted by atomic mass is 19.4. The van der Waals surface area contributed by atoms with Gasteiger partial charge in [0.15, 0.2) is 11.5 Å². The second-order valence-corrected chi connectivity index (χ2v) is 12.1. The molecular formula is C30H32F3N9O4. The minimum atomic E-state index is -4.52. The zero-order valence-electron chi connectivity index (χ0n) is 25.3. The Kier molecular flexibility index (Phi) is 8.14. The summed E-state index contributed by atoms with van der Waals surface area (Å²) in [6.45, 7) is 5.34. The maximum absolute atomic E-state index is 13.5. The number of rotatable bonds is 5. The molecule has 0 aliphatic carbocycles. The number of nitrogens with zero attached hydrogens (tertiary/aromatic N) is 7. The number of hydrogen-bond donors (Lipinski definition) is 2. The molecule has 2 N–H and O–H groups in total. The number of aromatic nitrogens is 5. The second-order valence-electron chi connectivity index (χ2n) is 12.1. The summed E-state index contributed by atoms with van der Waals surface area (Å²) in [7, 11) is 0. The molecule has 2 atom stereocenters. The molecule has 46 heavy (non-hydrogen) atoms. The lowest BCUT2D eigenvalue weighted by Gasteiger charge is -2.46. The molecule has 2 aliphatic heterocycles. The van der Waals surface area contributed by atoms with Crippen LogP contribution in [0.3, 0.4) is 0 Å². The van der Waals surface area contributed by atoms with Crippen molar-refractivity contribution in [3.8, 4) is 11.4 Å². The molecule has 2 aliphatic rings. The van der Waals surface area contributed by atoms with Crippen LogP contribution in [0, 0.1) is 0 Å². The zero-order chi connectivity index (χ0) is 32.6. The summed E-state index contributed by atoms with van der Waals surface area (Å²) >= 11 is 0. The fraction of sp³-hybridized carbons (Fsp3) is 0.400. The van der Waals surface area contributed by atoms with Crippen molar-refractivity contribution in [1.82, 2.24) is 29.6 Å². The lowest BCUT2D eigenvalue weighted by Crippen LogP contribution is -2.61. The van der Waals surface area contributed by atoms with E-state index >= 15 is 0 Å². The molecule has 2 unspecified atom stereocenters. The van der Waals surface area contributed by atoms with Gasteiger partial charge >= 0.3 is 18.3 Å². The topological polar surface area (TPSA) is 140 Å². The van der Waals surface area contributed by atoms with E-state index in [1.807, 2.05) is 4.90 Å². The molecule has 2 fully saturated rings. The number of benzene rings is 1. The van der Waals surface area contributed by atoms with Gasteiger partial charge in [-0.25, -0.2) is 24.2 Å². The molecule has 3 amide bonds. The molecule has 5 heterocycles. The first-order valence-corrected chi connectivity index (χ1v) is 14.6. The number of pyridine rings is 1. The number of hydrogen-bond acceptors (Lipinski definition) is 9. The summed E-state index contributed by atoms with van der Waals surface area (Å²) in [5.41, 5.74) is 0.959. The van der Waals surface area contributed by atoms with Crippen LogP contribution in [0.15, 0.2) is 55.0 Å². The van der Waals surface area contributed by atoms with Gasteiger partial charge in [-0.05, 0) is 57.2 Å². The third-order valence-corrected chi connectivity index (χ3v) is 7.18. The van der Waals surface area contributed by atoms with Crippen LogP contribution >= 0.6 is 0 Å². The smallest absolute Gasteiger partial charge is 0.410 e. The van der Waals surface area contributed by atoms with E-state index in [1.165, 1.54) is 6.20 Å². The molecule has 16 heteroatoms. The van der Waals surface area contributed by atoms with Crippen molar-refractivity contribution in [2.24, 2.45) is 0 Å². The van der Waals surface area contributed by atoms with Gasteiger partial charge in [-0.1, -0.05) is 0 Å². The maximum atomic E-state index is 13.5. The van der Waals surface area contributed by atoms with Crippen LogP contribution in [0.1, 0.15) is 20.8 Å². The molecule has 6 rings (SSSR count). The molecule has 2 saturated heterocycles. The third kappa shape index (κ3) is 7.28. The van der Waals surface area contributed by atoms with Crippen molar-refractivity contribution in [2.45, 2.75) is 51.3 Å². The van der Waals surface area contributed by atoms with Gasteiger partial charge in [-0.2, -0.15) is 18.3 Å². The first kappa shape index (κ1) is 31.0. The Morgan fingerprint density at radius 1 is 0.935 bits per heavy atom. The number of amides is 3. The van der Waals surface area contributed by atoms with E-state index in [4.69, 9.17) is 14.5 Å². The molecule has 4 aromatic rings. The monoisotopic (exact) mass is 639 g/mol. The Hall–Kier alpha value is -4.99. The number of halogens is 3.